The summed E-state index contributed by atoms with van der Waals surface area (Å²) in [6.07, 6.45) is 1.01. The summed E-state index contributed by atoms with van der Waals surface area (Å²) in [5.74, 6) is -0.265. The summed E-state index contributed by atoms with van der Waals surface area (Å²) in [6, 6.07) is 5.80. The number of ether oxygens (including phenoxy) is 2. The minimum Gasteiger partial charge on any atom is -0.468 e. The fraction of sp³-hybridized carbons (Fsp3) is 0.611. The van der Waals surface area contributed by atoms with Crippen LogP contribution in [-0.4, -0.2) is 68.8 Å². The van der Waals surface area contributed by atoms with E-state index in [1.54, 1.807) is 18.2 Å². The highest BCUT2D eigenvalue weighted by Crippen LogP contribution is 2.30. The Hall–Kier alpha value is -1.50. The molecule has 0 amide bonds. The second-order valence-corrected chi connectivity index (χ2v) is 6.51. The van der Waals surface area contributed by atoms with Gasteiger partial charge in [-0.1, -0.05) is 18.2 Å². The number of benzene rings is 1. The Labute approximate surface area is 142 Å². The van der Waals surface area contributed by atoms with Crippen LogP contribution in [0.15, 0.2) is 24.3 Å². The molecule has 0 unspecified atom stereocenters. The highest BCUT2D eigenvalue weighted by atomic mass is 19.1. The second-order valence-electron chi connectivity index (χ2n) is 6.51. The first kappa shape index (κ1) is 17.3. The van der Waals surface area contributed by atoms with Gasteiger partial charge in [0.25, 0.3) is 0 Å². The first-order chi connectivity index (χ1) is 11.7. The Balaban J connectivity index is 1.68. The van der Waals surface area contributed by atoms with Crippen LogP contribution in [0.25, 0.3) is 0 Å². The van der Waals surface area contributed by atoms with Gasteiger partial charge in [-0.25, -0.2) is 9.18 Å². The molecule has 0 bridgehead atoms. The van der Waals surface area contributed by atoms with Crippen LogP contribution in [0.4, 0.5) is 4.39 Å². The lowest BCUT2D eigenvalue weighted by atomic mass is 10.0. The van der Waals surface area contributed by atoms with Crippen molar-refractivity contribution >= 4 is 5.97 Å². The van der Waals surface area contributed by atoms with Crippen molar-refractivity contribution in [2.24, 2.45) is 5.92 Å². The number of methoxy groups -OCH3 is 1. The highest BCUT2D eigenvalue weighted by molar-refractivity contribution is 5.77. The molecule has 24 heavy (non-hydrogen) atoms. The summed E-state index contributed by atoms with van der Waals surface area (Å²) in [7, 11) is 1.36. The fourth-order valence-corrected chi connectivity index (χ4v) is 3.68. The zero-order chi connectivity index (χ0) is 16.9. The van der Waals surface area contributed by atoms with Crippen LogP contribution in [0, 0.1) is 11.7 Å². The molecule has 2 aliphatic rings. The van der Waals surface area contributed by atoms with Crippen molar-refractivity contribution in [2.75, 3.05) is 53.0 Å². The summed E-state index contributed by atoms with van der Waals surface area (Å²) < 4.78 is 24.5. The average Bonchev–Trinajstić information content (AvgIpc) is 3.05. The lowest BCUT2D eigenvalue weighted by molar-refractivity contribution is -0.147. The van der Waals surface area contributed by atoms with Gasteiger partial charge in [0.05, 0.1) is 20.3 Å². The van der Waals surface area contributed by atoms with E-state index in [1.165, 1.54) is 13.2 Å². The third-order valence-electron chi connectivity index (χ3n) is 4.93. The summed E-state index contributed by atoms with van der Waals surface area (Å²) in [6.45, 7) is 6.07. The van der Waals surface area contributed by atoms with Crippen molar-refractivity contribution in [1.82, 2.24) is 9.80 Å². The van der Waals surface area contributed by atoms with E-state index in [4.69, 9.17) is 9.47 Å². The van der Waals surface area contributed by atoms with Crippen LogP contribution >= 0.6 is 0 Å². The smallest absolute Gasteiger partial charge is 0.327 e. The topological polar surface area (TPSA) is 42.0 Å². The normalized spacial score (nSPS) is 24.0. The Morgan fingerprint density at radius 3 is 2.79 bits per heavy atom. The molecule has 2 heterocycles. The molecular formula is C18H25FN2O3. The number of likely N-dealkylation sites (tertiary alicyclic amines) is 1. The van der Waals surface area contributed by atoms with Gasteiger partial charge >= 0.3 is 5.97 Å². The molecule has 2 atom stereocenters. The Kier molecular flexibility index (Phi) is 5.81. The zero-order valence-electron chi connectivity index (χ0n) is 14.1. The van der Waals surface area contributed by atoms with Crippen LogP contribution in [0.3, 0.4) is 0 Å². The van der Waals surface area contributed by atoms with Crippen LogP contribution in [0.2, 0.25) is 0 Å². The molecule has 2 aliphatic heterocycles. The van der Waals surface area contributed by atoms with Crippen molar-refractivity contribution in [3.05, 3.63) is 35.6 Å². The van der Waals surface area contributed by atoms with E-state index in [0.717, 1.165) is 52.4 Å². The van der Waals surface area contributed by atoms with Gasteiger partial charge in [-0.05, 0) is 24.9 Å². The highest BCUT2D eigenvalue weighted by Gasteiger charge is 2.36. The number of carbonyl (C=O) groups excluding carboxylic acids is 1. The molecule has 0 radical (unpaired) electrons. The first-order valence-corrected chi connectivity index (χ1v) is 8.55. The molecule has 0 aliphatic carbocycles. The molecular weight excluding hydrogens is 311 g/mol. The summed E-state index contributed by atoms with van der Waals surface area (Å²) in [5.41, 5.74) is 0.399. The molecule has 1 aromatic carbocycles. The molecule has 132 valence electrons. The van der Waals surface area contributed by atoms with E-state index in [1.807, 2.05) is 0 Å². The number of esters is 1. The molecule has 5 nitrogen and oxygen atoms in total. The molecule has 2 saturated heterocycles. The van der Waals surface area contributed by atoms with E-state index in [2.05, 4.69) is 9.80 Å². The van der Waals surface area contributed by atoms with E-state index in [9.17, 15) is 9.18 Å². The maximum atomic E-state index is 14.2. The number of hydrogen-bond acceptors (Lipinski definition) is 5. The molecule has 0 N–H and O–H groups in total. The molecule has 2 fully saturated rings. The predicted molar refractivity (Wildman–Crippen MR) is 88.1 cm³/mol. The minimum atomic E-state index is -0.661. The van der Waals surface area contributed by atoms with Crippen molar-refractivity contribution in [1.29, 1.82) is 0 Å². The van der Waals surface area contributed by atoms with Crippen LogP contribution in [-0.2, 0) is 14.3 Å². The van der Waals surface area contributed by atoms with Crippen LogP contribution < -0.4 is 0 Å². The van der Waals surface area contributed by atoms with E-state index < -0.39 is 12.0 Å². The SMILES string of the molecule is COC(=O)[C@@H](c1ccccc1F)N1CC[C@@H](CN2CCOCC2)C1. The number of rotatable bonds is 5. The van der Waals surface area contributed by atoms with Gasteiger partial charge in [0.1, 0.15) is 11.9 Å². The zero-order valence-corrected chi connectivity index (χ0v) is 14.1. The van der Waals surface area contributed by atoms with Gasteiger partial charge < -0.3 is 9.47 Å². The Morgan fingerprint density at radius 2 is 2.08 bits per heavy atom. The maximum Gasteiger partial charge on any atom is 0.327 e. The number of hydrogen-bond donors (Lipinski definition) is 0. The molecule has 0 spiro atoms. The molecule has 3 rings (SSSR count). The minimum absolute atomic E-state index is 0.357. The lowest BCUT2D eigenvalue weighted by Gasteiger charge is -2.30. The molecule has 6 heteroatoms. The first-order valence-electron chi connectivity index (χ1n) is 8.55. The number of halogens is 1. The summed E-state index contributed by atoms with van der Waals surface area (Å²) in [4.78, 5) is 16.8. The van der Waals surface area contributed by atoms with E-state index in [-0.39, 0.29) is 5.82 Å². The van der Waals surface area contributed by atoms with Crippen molar-refractivity contribution in [3.8, 4) is 0 Å². The lowest BCUT2D eigenvalue weighted by Crippen LogP contribution is -2.40. The molecule has 0 saturated carbocycles. The van der Waals surface area contributed by atoms with Gasteiger partial charge in [-0.3, -0.25) is 9.80 Å². The van der Waals surface area contributed by atoms with Crippen LogP contribution in [0.5, 0.6) is 0 Å². The number of carbonyl (C=O) groups is 1. The molecule has 0 aromatic heterocycles. The monoisotopic (exact) mass is 336 g/mol. The largest absolute Gasteiger partial charge is 0.468 e. The summed E-state index contributed by atoms with van der Waals surface area (Å²) >= 11 is 0. The quantitative estimate of drug-likeness (QED) is 0.766. The van der Waals surface area contributed by atoms with Gasteiger partial charge in [0, 0.05) is 31.7 Å². The Morgan fingerprint density at radius 1 is 1.33 bits per heavy atom. The molecule has 1 aromatic rings. The van der Waals surface area contributed by atoms with Gasteiger partial charge in [-0.2, -0.15) is 0 Å². The summed E-state index contributed by atoms with van der Waals surface area (Å²) in [5, 5.41) is 0. The van der Waals surface area contributed by atoms with Crippen molar-refractivity contribution < 1.29 is 18.7 Å². The van der Waals surface area contributed by atoms with Gasteiger partial charge in [0.2, 0.25) is 0 Å². The number of morpholine rings is 1. The van der Waals surface area contributed by atoms with Gasteiger partial charge in [0.15, 0.2) is 0 Å². The van der Waals surface area contributed by atoms with Crippen LogP contribution in [0.1, 0.15) is 18.0 Å². The maximum absolute atomic E-state index is 14.2. The van der Waals surface area contributed by atoms with Crippen molar-refractivity contribution in [3.63, 3.8) is 0 Å². The Bertz CT molecular complexity index is 563. The second kappa shape index (κ2) is 8.05. The van der Waals surface area contributed by atoms with Gasteiger partial charge in [-0.15, -0.1) is 0 Å². The fourth-order valence-electron chi connectivity index (χ4n) is 3.68. The van der Waals surface area contributed by atoms with Crippen molar-refractivity contribution in [2.45, 2.75) is 12.5 Å². The standard InChI is InChI=1S/C18H25FN2O3/c1-23-18(22)17(15-4-2-3-5-16(15)19)21-7-6-14(13-21)12-20-8-10-24-11-9-20/h2-5,14,17H,6-13H2,1H3/t14-,17+/m0/s1. The average molecular weight is 336 g/mol. The predicted octanol–water partition coefficient (Wildman–Crippen LogP) is 1.69. The number of nitrogens with zero attached hydrogens (tertiary/aromatic N) is 2. The van der Waals surface area contributed by atoms with E-state index >= 15 is 0 Å². The van der Waals surface area contributed by atoms with E-state index in [0.29, 0.717) is 11.5 Å². The third-order valence-corrected chi connectivity index (χ3v) is 4.93. The third kappa shape index (κ3) is 3.94.